The largest absolute Gasteiger partial charge is 0.307 e. The molecule has 0 unspecified atom stereocenters. The third-order valence-corrected chi connectivity index (χ3v) is 9.77. The molecular formula is C44H38N4. The monoisotopic (exact) mass is 622 g/mol. The fraction of sp³-hybridized carbons (Fsp3) is 0.182. The molecule has 0 radical (unpaired) electrons. The van der Waals surface area contributed by atoms with Gasteiger partial charge in [0.25, 0.3) is 0 Å². The first-order chi connectivity index (χ1) is 23.0. The zero-order chi connectivity index (χ0) is 33.4. The van der Waals surface area contributed by atoms with Gasteiger partial charge in [0.15, 0.2) is 0 Å². The van der Waals surface area contributed by atoms with E-state index in [1.807, 2.05) is 18.3 Å². The van der Waals surface area contributed by atoms with E-state index in [0.29, 0.717) is 5.56 Å². The molecule has 0 saturated carbocycles. The molecular weight excluding hydrogens is 585 g/mol. The molecule has 8 aromatic rings. The van der Waals surface area contributed by atoms with E-state index in [-0.39, 0.29) is 10.8 Å². The van der Waals surface area contributed by atoms with Gasteiger partial charge in [0.2, 0.25) is 0 Å². The van der Waals surface area contributed by atoms with E-state index in [0.717, 1.165) is 44.6 Å². The number of benzene rings is 5. The van der Waals surface area contributed by atoms with E-state index >= 15 is 0 Å². The topological polar surface area (TPSA) is 46.5 Å². The van der Waals surface area contributed by atoms with Crippen molar-refractivity contribution in [1.29, 1.82) is 5.26 Å². The SMILES string of the molecule is CC(C)(C)c1ccc2c(c1)c1ccccc1n2-c1cc(C#N)c(-c2cccnc2)cc1-n1c2ccccc2c2cc(C(C)(C)C)ccc21. The molecule has 0 atom stereocenters. The van der Waals surface area contributed by atoms with Gasteiger partial charge in [0.1, 0.15) is 0 Å². The third kappa shape index (κ3) is 4.61. The Hall–Kier alpha value is -5.66. The summed E-state index contributed by atoms with van der Waals surface area (Å²) in [5.74, 6) is 0. The van der Waals surface area contributed by atoms with Crippen molar-refractivity contribution in [2.24, 2.45) is 0 Å². The highest BCUT2D eigenvalue weighted by molar-refractivity contribution is 6.12. The van der Waals surface area contributed by atoms with Crippen LogP contribution in [0.1, 0.15) is 58.2 Å². The summed E-state index contributed by atoms with van der Waals surface area (Å²) < 4.78 is 4.74. The second-order valence-electron chi connectivity index (χ2n) is 14.9. The lowest BCUT2D eigenvalue weighted by atomic mass is 9.86. The molecule has 0 aliphatic rings. The summed E-state index contributed by atoms with van der Waals surface area (Å²) in [5.41, 5.74) is 11.4. The molecule has 0 bridgehead atoms. The van der Waals surface area contributed by atoms with E-state index in [4.69, 9.17) is 0 Å². The molecule has 48 heavy (non-hydrogen) atoms. The minimum absolute atomic E-state index is 0.0107. The van der Waals surface area contributed by atoms with Crippen LogP contribution in [0, 0.1) is 11.3 Å². The highest BCUT2D eigenvalue weighted by atomic mass is 15.1. The second-order valence-corrected chi connectivity index (χ2v) is 14.9. The predicted molar refractivity (Wildman–Crippen MR) is 200 cm³/mol. The first-order valence-corrected chi connectivity index (χ1v) is 16.6. The van der Waals surface area contributed by atoms with Gasteiger partial charge in [-0.15, -0.1) is 0 Å². The van der Waals surface area contributed by atoms with E-state index < -0.39 is 0 Å². The fourth-order valence-electron chi connectivity index (χ4n) is 7.19. The molecule has 3 aromatic heterocycles. The van der Waals surface area contributed by atoms with Gasteiger partial charge in [-0.05, 0) is 76.6 Å². The maximum absolute atomic E-state index is 10.6. The van der Waals surface area contributed by atoms with Gasteiger partial charge in [-0.3, -0.25) is 4.98 Å². The van der Waals surface area contributed by atoms with Gasteiger partial charge in [-0.2, -0.15) is 5.26 Å². The van der Waals surface area contributed by atoms with E-state index in [1.54, 1.807) is 6.20 Å². The Morgan fingerprint density at radius 2 is 1.04 bits per heavy atom. The van der Waals surface area contributed by atoms with Gasteiger partial charge in [-0.25, -0.2) is 0 Å². The normalized spacial score (nSPS) is 12.4. The van der Waals surface area contributed by atoms with Crippen LogP contribution in [0.3, 0.4) is 0 Å². The van der Waals surface area contributed by atoms with Crippen LogP contribution in [-0.4, -0.2) is 14.1 Å². The van der Waals surface area contributed by atoms with Crippen molar-refractivity contribution in [3.05, 3.63) is 138 Å². The van der Waals surface area contributed by atoms with Crippen molar-refractivity contribution in [3.8, 4) is 28.6 Å². The van der Waals surface area contributed by atoms with Crippen molar-refractivity contribution in [2.75, 3.05) is 0 Å². The molecule has 5 aromatic carbocycles. The Bertz CT molecular complexity index is 2580. The molecule has 0 aliphatic heterocycles. The summed E-state index contributed by atoms with van der Waals surface area (Å²) in [6, 6.07) is 41.8. The standard InChI is InChI=1S/C44H38N4/c1-43(2,3)30-17-19-39-35(23-30)32-13-7-9-15-37(32)47(39)41-22-29(26-45)34(28-12-11-21-46-27-28)25-42(41)48-38-16-10-8-14-33(38)36-24-31(44(4,5)6)18-20-40(36)48/h7-25,27H,1-6H3. The molecule has 0 amide bonds. The highest BCUT2D eigenvalue weighted by Crippen LogP contribution is 2.42. The lowest BCUT2D eigenvalue weighted by Crippen LogP contribution is -2.11. The van der Waals surface area contributed by atoms with Crippen molar-refractivity contribution in [2.45, 2.75) is 52.4 Å². The highest BCUT2D eigenvalue weighted by Gasteiger charge is 2.24. The molecule has 4 nitrogen and oxygen atoms in total. The molecule has 234 valence electrons. The third-order valence-electron chi connectivity index (χ3n) is 9.77. The van der Waals surface area contributed by atoms with Crippen molar-refractivity contribution >= 4 is 43.6 Å². The van der Waals surface area contributed by atoms with Gasteiger partial charge in [-0.1, -0.05) is 96.1 Å². The number of fused-ring (bicyclic) bond motifs is 6. The zero-order valence-electron chi connectivity index (χ0n) is 28.3. The van der Waals surface area contributed by atoms with E-state index in [2.05, 4.69) is 159 Å². The van der Waals surface area contributed by atoms with Crippen LogP contribution in [-0.2, 0) is 10.8 Å². The van der Waals surface area contributed by atoms with E-state index in [9.17, 15) is 5.26 Å². The number of aromatic nitrogens is 3. The quantitative estimate of drug-likeness (QED) is 0.197. The molecule has 0 saturated heterocycles. The molecule has 4 heteroatoms. The molecule has 8 rings (SSSR count). The summed E-state index contributed by atoms with van der Waals surface area (Å²) >= 11 is 0. The van der Waals surface area contributed by atoms with Crippen molar-refractivity contribution in [3.63, 3.8) is 0 Å². The van der Waals surface area contributed by atoms with Crippen LogP contribution in [0.5, 0.6) is 0 Å². The second kappa shape index (κ2) is 10.7. The Kier molecular flexibility index (Phi) is 6.62. The number of rotatable bonds is 3. The summed E-state index contributed by atoms with van der Waals surface area (Å²) in [7, 11) is 0. The molecule has 0 fully saturated rings. The van der Waals surface area contributed by atoms with Crippen molar-refractivity contribution in [1.82, 2.24) is 14.1 Å². The summed E-state index contributed by atoms with van der Waals surface area (Å²) in [4.78, 5) is 4.42. The first kappa shape index (κ1) is 29.7. The predicted octanol–water partition coefficient (Wildman–Crippen LogP) is 11.4. The van der Waals surface area contributed by atoms with Gasteiger partial charge >= 0.3 is 0 Å². The van der Waals surface area contributed by atoms with Crippen LogP contribution in [0.2, 0.25) is 0 Å². The zero-order valence-corrected chi connectivity index (χ0v) is 28.3. The number of pyridine rings is 1. The Morgan fingerprint density at radius 1 is 0.542 bits per heavy atom. The van der Waals surface area contributed by atoms with Crippen LogP contribution in [0.25, 0.3) is 66.1 Å². The molecule has 0 aliphatic carbocycles. The number of nitrogens with zero attached hydrogens (tertiary/aromatic N) is 4. The Labute approximate surface area is 281 Å². The van der Waals surface area contributed by atoms with Crippen LogP contribution < -0.4 is 0 Å². The van der Waals surface area contributed by atoms with Crippen LogP contribution in [0.15, 0.2) is 122 Å². The first-order valence-electron chi connectivity index (χ1n) is 16.6. The molecule has 0 spiro atoms. The summed E-state index contributed by atoms with van der Waals surface area (Å²) in [5, 5.41) is 15.5. The van der Waals surface area contributed by atoms with Crippen LogP contribution in [0.4, 0.5) is 0 Å². The average Bonchev–Trinajstić information content (AvgIpc) is 3.59. The van der Waals surface area contributed by atoms with Crippen molar-refractivity contribution < 1.29 is 0 Å². The fourth-order valence-corrected chi connectivity index (χ4v) is 7.19. The smallest absolute Gasteiger partial charge is 0.0999 e. The lowest BCUT2D eigenvalue weighted by molar-refractivity contribution is 0.591. The average molecular weight is 623 g/mol. The summed E-state index contributed by atoms with van der Waals surface area (Å²) in [6.07, 6.45) is 3.62. The number of hydrogen-bond donors (Lipinski definition) is 0. The number of hydrogen-bond acceptors (Lipinski definition) is 2. The van der Waals surface area contributed by atoms with Gasteiger partial charge < -0.3 is 9.13 Å². The van der Waals surface area contributed by atoms with Gasteiger partial charge in [0, 0.05) is 45.1 Å². The summed E-state index contributed by atoms with van der Waals surface area (Å²) in [6.45, 7) is 13.6. The Morgan fingerprint density at radius 3 is 1.52 bits per heavy atom. The van der Waals surface area contributed by atoms with Gasteiger partial charge in [0.05, 0.1) is 45.1 Å². The van der Waals surface area contributed by atoms with E-state index in [1.165, 1.54) is 32.7 Å². The maximum atomic E-state index is 10.6. The number of nitriles is 1. The number of para-hydroxylation sites is 2. The Balaban J connectivity index is 1.55. The van der Waals surface area contributed by atoms with Crippen LogP contribution >= 0.6 is 0 Å². The minimum atomic E-state index is 0.0107. The maximum Gasteiger partial charge on any atom is 0.0999 e. The molecule has 3 heterocycles. The lowest BCUT2D eigenvalue weighted by Gasteiger charge is -2.21. The molecule has 0 N–H and O–H groups in total. The minimum Gasteiger partial charge on any atom is -0.307 e.